The van der Waals surface area contributed by atoms with Gasteiger partial charge in [0, 0.05) is 32.7 Å². The van der Waals surface area contributed by atoms with Crippen LogP contribution in [0.4, 0.5) is 0 Å². The Balaban J connectivity index is 1.62. The van der Waals surface area contributed by atoms with Gasteiger partial charge in [0.05, 0.1) is 23.3 Å². The van der Waals surface area contributed by atoms with Gasteiger partial charge in [-0.25, -0.2) is 4.98 Å². The molecule has 0 N–H and O–H groups in total. The summed E-state index contributed by atoms with van der Waals surface area (Å²) in [5, 5.41) is 0.604. The molecule has 1 aliphatic rings. The molecule has 3 rings (SSSR count). The Kier molecular flexibility index (Phi) is 5.48. The predicted molar refractivity (Wildman–Crippen MR) is 96.6 cm³/mol. The molecule has 1 aromatic carbocycles. The molecule has 1 aliphatic heterocycles. The molecule has 1 aromatic heterocycles. The molecule has 0 bridgehead atoms. The summed E-state index contributed by atoms with van der Waals surface area (Å²) in [6, 6.07) is 5.59. The highest BCUT2D eigenvalue weighted by Gasteiger charge is 2.22. The average Bonchev–Trinajstić information content (AvgIpc) is 2.62. The normalized spacial score (nSPS) is 15.7. The number of rotatable bonds is 5. The Morgan fingerprint density at radius 1 is 1.32 bits per heavy atom. The summed E-state index contributed by atoms with van der Waals surface area (Å²) in [6.45, 7) is 6.47. The first-order valence-corrected chi connectivity index (χ1v) is 8.94. The molecular weight excluding hydrogens is 318 g/mol. The van der Waals surface area contributed by atoms with E-state index < -0.39 is 0 Å². The molecular formula is C19H25N3O3. The van der Waals surface area contributed by atoms with E-state index >= 15 is 0 Å². The monoisotopic (exact) mass is 343 g/mol. The van der Waals surface area contributed by atoms with E-state index in [1.165, 1.54) is 4.57 Å². The zero-order valence-electron chi connectivity index (χ0n) is 14.9. The lowest BCUT2D eigenvalue weighted by molar-refractivity contribution is -0.134. The van der Waals surface area contributed by atoms with Crippen molar-refractivity contribution in [3.8, 4) is 0 Å². The Bertz CT molecular complexity index is 807. The second-order valence-corrected chi connectivity index (χ2v) is 6.50. The standard InChI is InChI=1S/C19H25N3O3/c1-3-25-15-7-10-21(11-8-15)17(23)9-12-22-13-20-18-14(2)5-4-6-16(18)19(22)24/h4-6,13,15H,3,7-12H2,1-2H3. The van der Waals surface area contributed by atoms with Gasteiger partial charge in [-0.2, -0.15) is 0 Å². The van der Waals surface area contributed by atoms with E-state index in [9.17, 15) is 9.59 Å². The van der Waals surface area contributed by atoms with Crippen LogP contribution in [0.15, 0.2) is 29.3 Å². The van der Waals surface area contributed by atoms with Crippen LogP contribution in [0.1, 0.15) is 31.7 Å². The van der Waals surface area contributed by atoms with Gasteiger partial charge in [0.15, 0.2) is 0 Å². The third-order valence-corrected chi connectivity index (χ3v) is 4.82. The maximum atomic E-state index is 12.6. The number of aromatic nitrogens is 2. The highest BCUT2D eigenvalue weighted by atomic mass is 16.5. The molecule has 2 aromatic rings. The number of benzene rings is 1. The summed E-state index contributed by atoms with van der Waals surface area (Å²) in [5.74, 6) is 0.0891. The minimum Gasteiger partial charge on any atom is -0.378 e. The van der Waals surface area contributed by atoms with Gasteiger partial charge >= 0.3 is 0 Å². The van der Waals surface area contributed by atoms with Crippen LogP contribution in [0.2, 0.25) is 0 Å². The molecule has 2 heterocycles. The summed E-state index contributed by atoms with van der Waals surface area (Å²) in [4.78, 5) is 31.2. The first-order valence-electron chi connectivity index (χ1n) is 8.94. The molecule has 1 fully saturated rings. The van der Waals surface area contributed by atoms with Crippen molar-refractivity contribution in [1.82, 2.24) is 14.5 Å². The topological polar surface area (TPSA) is 64.4 Å². The third-order valence-electron chi connectivity index (χ3n) is 4.82. The maximum absolute atomic E-state index is 12.6. The van der Waals surface area contributed by atoms with Crippen LogP contribution >= 0.6 is 0 Å². The van der Waals surface area contributed by atoms with Crippen molar-refractivity contribution in [2.75, 3.05) is 19.7 Å². The molecule has 0 aliphatic carbocycles. The van der Waals surface area contributed by atoms with E-state index in [0.29, 0.717) is 18.4 Å². The van der Waals surface area contributed by atoms with E-state index in [-0.39, 0.29) is 17.6 Å². The van der Waals surface area contributed by atoms with Gasteiger partial charge in [-0.05, 0) is 38.3 Å². The fourth-order valence-corrected chi connectivity index (χ4v) is 3.38. The molecule has 0 unspecified atom stereocenters. The Labute approximate surface area is 147 Å². The number of piperidine rings is 1. The van der Waals surface area contributed by atoms with E-state index in [1.807, 2.05) is 30.9 Å². The highest BCUT2D eigenvalue weighted by molar-refractivity contribution is 5.80. The Morgan fingerprint density at radius 2 is 2.08 bits per heavy atom. The zero-order valence-corrected chi connectivity index (χ0v) is 14.9. The average molecular weight is 343 g/mol. The van der Waals surface area contributed by atoms with Crippen LogP contribution in [-0.4, -0.2) is 46.2 Å². The number of hydrogen-bond acceptors (Lipinski definition) is 4. The highest BCUT2D eigenvalue weighted by Crippen LogP contribution is 2.15. The van der Waals surface area contributed by atoms with Gasteiger partial charge in [-0.3, -0.25) is 14.2 Å². The number of carbonyl (C=O) groups excluding carboxylic acids is 1. The molecule has 1 saturated heterocycles. The van der Waals surface area contributed by atoms with Gasteiger partial charge in [-0.1, -0.05) is 12.1 Å². The molecule has 1 amide bonds. The van der Waals surface area contributed by atoms with Crippen LogP contribution in [0.25, 0.3) is 10.9 Å². The molecule has 0 spiro atoms. The van der Waals surface area contributed by atoms with E-state index in [1.54, 1.807) is 12.4 Å². The van der Waals surface area contributed by atoms with E-state index in [0.717, 1.165) is 43.6 Å². The number of amides is 1. The Morgan fingerprint density at radius 3 is 2.80 bits per heavy atom. The lowest BCUT2D eigenvalue weighted by Gasteiger charge is -2.31. The minimum atomic E-state index is -0.0865. The van der Waals surface area contributed by atoms with Gasteiger partial charge in [0.2, 0.25) is 5.91 Å². The molecule has 0 atom stereocenters. The summed E-state index contributed by atoms with van der Waals surface area (Å²) < 4.78 is 7.15. The molecule has 0 saturated carbocycles. The van der Waals surface area contributed by atoms with Crippen LogP contribution in [0.5, 0.6) is 0 Å². The van der Waals surface area contributed by atoms with Gasteiger partial charge in [-0.15, -0.1) is 0 Å². The quantitative estimate of drug-likeness (QED) is 0.834. The predicted octanol–water partition coefficient (Wildman–Crippen LogP) is 2.12. The van der Waals surface area contributed by atoms with Crippen molar-refractivity contribution < 1.29 is 9.53 Å². The van der Waals surface area contributed by atoms with Crippen molar-refractivity contribution in [3.63, 3.8) is 0 Å². The number of carbonyl (C=O) groups is 1. The SMILES string of the molecule is CCOC1CCN(C(=O)CCn2cnc3c(C)cccc3c2=O)CC1. The molecule has 0 radical (unpaired) electrons. The van der Waals surface area contributed by atoms with E-state index in [4.69, 9.17) is 4.74 Å². The van der Waals surface area contributed by atoms with Crippen molar-refractivity contribution >= 4 is 16.8 Å². The largest absolute Gasteiger partial charge is 0.378 e. The number of nitrogens with zero attached hydrogens (tertiary/aromatic N) is 3. The van der Waals surface area contributed by atoms with Crippen molar-refractivity contribution in [2.24, 2.45) is 0 Å². The summed E-state index contributed by atoms with van der Waals surface area (Å²) in [5.41, 5.74) is 1.62. The fourth-order valence-electron chi connectivity index (χ4n) is 3.38. The van der Waals surface area contributed by atoms with Crippen LogP contribution in [0, 0.1) is 6.92 Å². The second-order valence-electron chi connectivity index (χ2n) is 6.50. The zero-order chi connectivity index (χ0) is 17.8. The maximum Gasteiger partial charge on any atom is 0.261 e. The molecule has 6 nitrogen and oxygen atoms in total. The number of likely N-dealkylation sites (tertiary alicyclic amines) is 1. The lowest BCUT2D eigenvalue weighted by Crippen LogP contribution is -2.41. The van der Waals surface area contributed by atoms with Gasteiger partial charge in [0.1, 0.15) is 0 Å². The number of hydrogen-bond donors (Lipinski definition) is 0. The summed E-state index contributed by atoms with van der Waals surface area (Å²) >= 11 is 0. The van der Waals surface area contributed by atoms with Crippen LogP contribution in [-0.2, 0) is 16.1 Å². The van der Waals surface area contributed by atoms with E-state index in [2.05, 4.69) is 4.98 Å². The first kappa shape index (κ1) is 17.6. The van der Waals surface area contributed by atoms with Crippen molar-refractivity contribution in [2.45, 2.75) is 45.8 Å². The molecule has 25 heavy (non-hydrogen) atoms. The second kappa shape index (κ2) is 7.78. The minimum absolute atomic E-state index is 0.0865. The van der Waals surface area contributed by atoms with Crippen LogP contribution < -0.4 is 5.56 Å². The number of ether oxygens (including phenoxy) is 1. The van der Waals surface area contributed by atoms with Crippen molar-refractivity contribution in [3.05, 3.63) is 40.4 Å². The fraction of sp³-hybridized carbons (Fsp3) is 0.526. The van der Waals surface area contributed by atoms with Crippen molar-refractivity contribution in [1.29, 1.82) is 0 Å². The number of fused-ring (bicyclic) bond motifs is 1. The third kappa shape index (κ3) is 3.90. The van der Waals surface area contributed by atoms with Gasteiger partial charge < -0.3 is 9.64 Å². The van der Waals surface area contributed by atoms with Crippen LogP contribution in [0.3, 0.4) is 0 Å². The van der Waals surface area contributed by atoms with Gasteiger partial charge in [0.25, 0.3) is 5.56 Å². The number of aryl methyl sites for hydroxylation is 2. The summed E-state index contributed by atoms with van der Waals surface area (Å²) in [7, 11) is 0. The molecule has 6 heteroatoms. The first-order chi connectivity index (χ1) is 12.1. The smallest absolute Gasteiger partial charge is 0.261 e. The Hall–Kier alpha value is -2.21. The number of para-hydroxylation sites is 1. The lowest BCUT2D eigenvalue weighted by atomic mass is 10.1. The summed E-state index contributed by atoms with van der Waals surface area (Å²) in [6.07, 6.45) is 3.90. The molecule has 134 valence electrons.